The van der Waals surface area contributed by atoms with Crippen molar-refractivity contribution in [3.05, 3.63) is 60.2 Å². The summed E-state index contributed by atoms with van der Waals surface area (Å²) in [5, 5.41) is 3.50. The molecule has 0 fully saturated rings. The molecule has 7 heteroatoms. The standard InChI is InChI=1S/C20H19N5OS/c1-3-17-23-14-8-4-5-10-16(14)25(17)12-18(26)24-20-22-13(2)19(27-20)15-9-6-7-11-21-15/h4-11H,3,12H2,1-2H3,(H,22,24,26). The normalized spacial score (nSPS) is 11.0. The number of amides is 1. The number of carbonyl (C=O) groups is 1. The molecule has 0 aliphatic heterocycles. The van der Waals surface area contributed by atoms with E-state index in [9.17, 15) is 4.79 Å². The molecular formula is C20H19N5OS. The van der Waals surface area contributed by atoms with Crippen molar-refractivity contribution in [3.8, 4) is 10.6 Å². The zero-order chi connectivity index (χ0) is 18.8. The molecule has 0 saturated carbocycles. The number of aryl methyl sites for hydroxylation is 2. The van der Waals surface area contributed by atoms with Gasteiger partial charge in [0.05, 0.1) is 27.3 Å². The molecule has 3 heterocycles. The number of pyridine rings is 1. The molecule has 136 valence electrons. The van der Waals surface area contributed by atoms with E-state index in [1.54, 1.807) is 6.20 Å². The van der Waals surface area contributed by atoms with Gasteiger partial charge in [0.25, 0.3) is 0 Å². The fourth-order valence-corrected chi connectivity index (χ4v) is 4.02. The molecule has 0 bridgehead atoms. The molecule has 4 rings (SSSR count). The van der Waals surface area contributed by atoms with Crippen molar-refractivity contribution in [1.29, 1.82) is 0 Å². The summed E-state index contributed by atoms with van der Waals surface area (Å²) in [6, 6.07) is 13.6. The average molecular weight is 377 g/mol. The van der Waals surface area contributed by atoms with Gasteiger partial charge >= 0.3 is 0 Å². The van der Waals surface area contributed by atoms with E-state index in [-0.39, 0.29) is 12.5 Å². The van der Waals surface area contributed by atoms with Crippen molar-refractivity contribution >= 4 is 33.4 Å². The second kappa shape index (κ2) is 7.28. The number of imidazole rings is 1. The highest BCUT2D eigenvalue weighted by Gasteiger charge is 2.15. The van der Waals surface area contributed by atoms with Gasteiger partial charge in [-0.2, -0.15) is 0 Å². The minimum atomic E-state index is -0.117. The summed E-state index contributed by atoms with van der Waals surface area (Å²) in [6.07, 6.45) is 2.52. The van der Waals surface area contributed by atoms with Crippen LogP contribution in [-0.4, -0.2) is 25.4 Å². The number of carbonyl (C=O) groups excluding carboxylic acids is 1. The lowest BCUT2D eigenvalue weighted by Gasteiger charge is -2.07. The summed E-state index contributed by atoms with van der Waals surface area (Å²) in [5.74, 6) is 0.782. The van der Waals surface area contributed by atoms with Gasteiger partial charge in [-0.15, -0.1) is 0 Å². The van der Waals surface area contributed by atoms with Gasteiger partial charge < -0.3 is 9.88 Å². The number of anilines is 1. The number of hydrogen-bond donors (Lipinski definition) is 1. The van der Waals surface area contributed by atoms with Crippen LogP contribution >= 0.6 is 11.3 Å². The molecule has 4 aromatic rings. The number of thiazole rings is 1. The number of benzene rings is 1. The molecule has 27 heavy (non-hydrogen) atoms. The van der Waals surface area contributed by atoms with Gasteiger partial charge in [-0.3, -0.25) is 9.78 Å². The number of aromatic nitrogens is 4. The Bertz CT molecular complexity index is 1100. The number of rotatable bonds is 5. The van der Waals surface area contributed by atoms with Crippen molar-refractivity contribution in [2.45, 2.75) is 26.8 Å². The van der Waals surface area contributed by atoms with Gasteiger partial charge in [0.1, 0.15) is 12.4 Å². The van der Waals surface area contributed by atoms with Crippen LogP contribution in [0.15, 0.2) is 48.7 Å². The number of nitrogens with zero attached hydrogens (tertiary/aromatic N) is 4. The molecule has 0 saturated heterocycles. The summed E-state index contributed by atoms with van der Waals surface area (Å²) in [6.45, 7) is 4.18. The van der Waals surface area contributed by atoms with E-state index in [1.807, 2.05) is 60.9 Å². The van der Waals surface area contributed by atoms with Crippen LogP contribution in [0.2, 0.25) is 0 Å². The second-order valence-electron chi connectivity index (χ2n) is 6.15. The number of nitrogens with one attached hydrogen (secondary N) is 1. The first-order valence-corrected chi connectivity index (χ1v) is 9.60. The smallest absolute Gasteiger partial charge is 0.246 e. The first kappa shape index (κ1) is 17.4. The third-order valence-electron chi connectivity index (χ3n) is 4.29. The highest BCUT2D eigenvalue weighted by Crippen LogP contribution is 2.31. The van der Waals surface area contributed by atoms with Gasteiger partial charge in [-0.1, -0.05) is 36.5 Å². The fourth-order valence-electron chi connectivity index (χ4n) is 3.06. The van der Waals surface area contributed by atoms with Crippen LogP contribution in [-0.2, 0) is 17.8 Å². The number of para-hydroxylation sites is 2. The monoisotopic (exact) mass is 377 g/mol. The first-order valence-electron chi connectivity index (χ1n) is 8.78. The van der Waals surface area contributed by atoms with Crippen LogP contribution in [0, 0.1) is 6.92 Å². The van der Waals surface area contributed by atoms with Crippen molar-refractivity contribution in [1.82, 2.24) is 19.5 Å². The third-order valence-corrected chi connectivity index (χ3v) is 5.39. The Balaban J connectivity index is 1.56. The van der Waals surface area contributed by atoms with Crippen molar-refractivity contribution in [2.24, 2.45) is 0 Å². The fraction of sp³-hybridized carbons (Fsp3) is 0.200. The predicted molar refractivity (Wildman–Crippen MR) is 108 cm³/mol. The molecule has 0 atom stereocenters. The van der Waals surface area contributed by atoms with E-state index in [0.29, 0.717) is 5.13 Å². The van der Waals surface area contributed by atoms with Crippen molar-refractivity contribution in [3.63, 3.8) is 0 Å². The molecule has 0 unspecified atom stereocenters. The molecular weight excluding hydrogens is 358 g/mol. The van der Waals surface area contributed by atoms with E-state index < -0.39 is 0 Å². The molecule has 3 aromatic heterocycles. The average Bonchev–Trinajstić information content (AvgIpc) is 3.22. The molecule has 1 N–H and O–H groups in total. The minimum Gasteiger partial charge on any atom is -0.318 e. The van der Waals surface area contributed by atoms with Crippen LogP contribution < -0.4 is 5.32 Å². The SMILES string of the molecule is CCc1nc2ccccc2n1CC(=O)Nc1nc(C)c(-c2ccccn2)s1. The Hall–Kier alpha value is -3.06. The summed E-state index contributed by atoms with van der Waals surface area (Å²) < 4.78 is 1.96. The molecule has 0 aliphatic carbocycles. The Kier molecular flexibility index (Phi) is 4.68. The Morgan fingerprint density at radius 2 is 1.96 bits per heavy atom. The molecule has 0 aliphatic rings. The van der Waals surface area contributed by atoms with E-state index in [1.165, 1.54) is 11.3 Å². The predicted octanol–water partition coefficient (Wildman–Crippen LogP) is 4.06. The Morgan fingerprint density at radius 3 is 2.74 bits per heavy atom. The zero-order valence-electron chi connectivity index (χ0n) is 15.1. The van der Waals surface area contributed by atoms with Crippen molar-refractivity contribution in [2.75, 3.05) is 5.32 Å². The minimum absolute atomic E-state index is 0.117. The summed E-state index contributed by atoms with van der Waals surface area (Å²) >= 11 is 1.44. The summed E-state index contributed by atoms with van der Waals surface area (Å²) in [4.78, 5) is 27.1. The lowest BCUT2D eigenvalue weighted by atomic mass is 10.3. The van der Waals surface area contributed by atoms with Crippen molar-refractivity contribution < 1.29 is 4.79 Å². The lowest BCUT2D eigenvalue weighted by Crippen LogP contribution is -2.20. The molecule has 1 amide bonds. The third kappa shape index (κ3) is 3.46. The van der Waals surface area contributed by atoms with Crippen LogP contribution in [0.25, 0.3) is 21.6 Å². The second-order valence-corrected chi connectivity index (χ2v) is 7.15. The molecule has 0 radical (unpaired) electrons. The maximum atomic E-state index is 12.6. The lowest BCUT2D eigenvalue weighted by molar-refractivity contribution is -0.116. The van der Waals surface area contributed by atoms with E-state index in [0.717, 1.165) is 39.5 Å². The van der Waals surface area contributed by atoms with Crippen LogP contribution in [0.3, 0.4) is 0 Å². The highest BCUT2D eigenvalue weighted by molar-refractivity contribution is 7.19. The topological polar surface area (TPSA) is 72.7 Å². The number of hydrogen-bond acceptors (Lipinski definition) is 5. The number of fused-ring (bicyclic) bond motifs is 1. The maximum absolute atomic E-state index is 12.6. The van der Waals surface area contributed by atoms with Crippen LogP contribution in [0.1, 0.15) is 18.4 Å². The highest BCUT2D eigenvalue weighted by atomic mass is 32.1. The molecule has 1 aromatic carbocycles. The van der Waals surface area contributed by atoms with Gasteiger partial charge in [0.2, 0.25) is 5.91 Å². The van der Waals surface area contributed by atoms with E-state index in [2.05, 4.69) is 20.3 Å². The molecule has 6 nitrogen and oxygen atoms in total. The van der Waals surface area contributed by atoms with Crippen LogP contribution in [0.4, 0.5) is 5.13 Å². The Morgan fingerprint density at radius 1 is 1.15 bits per heavy atom. The summed E-state index contributed by atoms with van der Waals surface area (Å²) in [7, 11) is 0. The largest absolute Gasteiger partial charge is 0.318 e. The van der Waals surface area contributed by atoms with E-state index >= 15 is 0 Å². The quantitative estimate of drug-likeness (QED) is 0.569. The zero-order valence-corrected chi connectivity index (χ0v) is 16.0. The summed E-state index contributed by atoms with van der Waals surface area (Å²) in [5.41, 5.74) is 3.59. The van der Waals surface area contributed by atoms with Gasteiger partial charge in [0, 0.05) is 12.6 Å². The van der Waals surface area contributed by atoms with Gasteiger partial charge in [-0.25, -0.2) is 9.97 Å². The van der Waals surface area contributed by atoms with Crippen LogP contribution in [0.5, 0.6) is 0 Å². The van der Waals surface area contributed by atoms with Gasteiger partial charge in [-0.05, 0) is 31.2 Å². The first-order chi connectivity index (χ1) is 13.2. The van der Waals surface area contributed by atoms with Gasteiger partial charge in [0.15, 0.2) is 5.13 Å². The Labute approximate surface area is 160 Å². The maximum Gasteiger partial charge on any atom is 0.246 e. The molecule has 0 spiro atoms. The van der Waals surface area contributed by atoms with E-state index in [4.69, 9.17) is 0 Å².